The molecule has 0 amide bonds. The van der Waals surface area contributed by atoms with Gasteiger partial charge in [0.2, 0.25) is 0 Å². The first kappa shape index (κ1) is 23.9. The summed E-state index contributed by atoms with van der Waals surface area (Å²) >= 11 is 6.82. The highest BCUT2D eigenvalue weighted by molar-refractivity contribution is 6.31. The van der Waals surface area contributed by atoms with Gasteiger partial charge in [-0.3, -0.25) is 9.59 Å². The number of benzene rings is 1. The van der Waals surface area contributed by atoms with Gasteiger partial charge in [-0.1, -0.05) is 45.4 Å². The maximum absolute atomic E-state index is 13.5. The molecule has 0 saturated heterocycles. The molecule has 4 rings (SSSR count). The smallest absolute Gasteiger partial charge is 0.162 e. The Balaban J connectivity index is 1.95. The third-order valence-corrected chi connectivity index (χ3v) is 7.04. The van der Waals surface area contributed by atoms with E-state index in [2.05, 4.69) is 39.1 Å². The Kier molecular flexibility index (Phi) is 6.15. The molecule has 2 atom stereocenters. The molecule has 0 spiro atoms. The van der Waals surface area contributed by atoms with Gasteiger partial charge in [0.25, 0.3) is 0 Å². The van der Waals surface area contributed by atoms with E-state index in [4.69, 9.17) is 21.1 Å². The summed E-state index contributed by atoms with van der Waals surface area (Å²) in [5.74, 6) is 0.450. The molecule has 0 fully saturated rings. The SMILES string of the molecule is CCOc1cc(Cl)c(C2C3=C(CC(C)(C)CC3=O)NC3=CC(C)(C)CC(=O)C32)cc1OCC. The van der Waals surface area contributed by atoms with Gasteiger partial charge in [0.05, 0.1) is 19.1 Å². The molecule has 1 heterocycles. The summed E-state index contributed by atoms with van der Waals surface area (Å²) in [6, 6.07) is 3.63. The summed E-state index contributed by atoms with van der Waals surface area (Å²) in [6.45, 7) is 13.1. The van der Waals surface area contributed by atoms with E-state index < -0.39 is 11.8 Å². The van der Waals surface area contributed by atoms with Crippen LogP contribution in [0.25, 0.3) is 0 Å². The average molecular weight is 472 g/mol. The standard InChI is InChI=1S/C27H34ClNO4/c1-7-32-21-9-15(16(28)10-22(21)33-8-2)23-24-17(11-26(3,4)13-19(24)30)29-18-12-27(5,6)14-20(31)25(18)23/h9-11,23-24,29H,7-8,12-14H2,1-6H3. The van der Waals surface area contributed by atoms with Crippen molar-refractivity contribution in [3.05, 3.63) is 45.8 Å². The number of carbonyl (C=O) groups is 2. The minimum absolute atomic E-state index is 0.0818. The van der Waals surface area contributed by atoms with Crippen LogP contribution in [-0.4, -0.2) is 24.8 Å². The Hall–Kier alpha value is -2.27. The van der Waals surface area contributed by atoms with E-state index in [0.717, 1.165) is 23.4 Å². The first-order chi connectivity index (χ1) is 15.5. The number of ketones is 2. The Morgan fingerprint density at radius 1 is 0.970 bits per heavy atom. The van der Waals surface area contributed by atoms with Crippen molar-refractivity contribution in [2.24, 2.45) is 16.7 Å². The topological polar surface area (TPSA) is 64.6 Å². The maximum Gasteiger partial charge on any atom is 0.162 e. The summed E-state index contributed by atoms with van der Waals surface area (Å²) in [6.07, 6.45) is 3.78. The number of hydrogen-bond acceptors (Lipinski definition) is 5. The van der Waals surface area contributed by atoms with E-state index >= 15 is 0 Å². The van der Waals surface area contributed by atoms with Gasteiger partial charge in [0.15, 0.2) is 17.3 Å². The van der Waals surface area contributed by atoms with E-state index in [1.54, 1.807) is 6.07 Å². The summed E-state index contributed by atoms with van der Waals surface area (Å²) in [4.78, 5) is 27.0. The molecule has 3 aliphatic rings. The highest BCUT2D eigenvalue weighted by atomic mass is 35.5. The molecule has 1 aromatic rings. The number of hydrogen-bond donors (Lipinski definition) is 1. The Bertz CT molecular complexity index is 1070. The lowest BCUT2D eigenvalue weighted by Gasteiger charge is -2.46. The molecule has 1 aromatic carbocycles. The van der Waals surface area contributed by atoms with Crippen LogP contribution in [0.4, 0.5) is 0 Å². The van der Waals surface area contributed by atoms with Crippen molar-refractivity contribution in [1.82, 2.24) is 5.32 Å². The fourth-order valence-electron chi connectivity index (χ4n) is 5.58. The molecule has 0 aromatic heterocycles. The van der Waals surface area contributed by atoms with Gasteiger partial charge < -0.3 is 14.8 Å². The van der Waals surface area contributed by atoms with Gasteiger partial charge in [-0.05, 0) is 42.7 Å². The van der Waals surface area contributed by atoms with Gasteiger partial charge in [-0.15, -0.1) is 0 Å². The van der Waals surface area contributed by atoms with Crippen LogP contribution < -0.4 is 14.8 Å². The van der Waals surface area contributed by atoms with E-state index in [0.29, 0.717) is 48.2 Å². The average Bonchev–Trinajstić information content (AvgIpc) is 2.66. The maximum atomic E-state index is 13.5. The molecule has 2 unspecified atom stereocenters. The van der Waals surface area contributed by atoms with Gasteiger partial charge in [-0.2, -0.15) is 0 Å². The van der Waals surface area contributed by atoms with Crippen LogP contribution in [0.5, 0.6) is 11.5 Å². The van der Waals surface area contributed by atoms with E-state index in [1.807, 2.05) is 19.9 Å². The van der Waals surface area contributed by atoms with Crippen molar-refractivity contribution < 1.29 is 19.1 Å². The Morgan fingerprint density at radius 3 is 2.24 bits per heavy atom. The highest BCUT2D eigenvalue weighted by Crippen LogP contribution is 2.53. The number of ether oxygens (including phenoxy) is 2. The van der Waals surface area contributed by atoms with E-state index in [1.165, 1.54) is 0 Å². The Morgan fingerprint density at radius 2 is 1.61 bits per heavy atom. The van der Waals surface area contributed by atoms with Gasteiger partial charge in [0, 0.05) is 46.8 Å². The molecular weight excluding hydrogens is 438 g/mol. The third kappa shape index (κ3) is 4.44. The number of rotatable bonds is 5. The molecule has 2 aliphatic carbocycles. The van der Waals surface area contributed by atoms with E-state index in [-0.39, 0.29) is 22.4 Å². The normalized spacial score (nSPS) is 25.6. The second kappa shape index (κ2) is 8.50. The number of carbonyl (C=O) groups excluding carboxylic acids is 2. The minimum atomic E-state index is -0.466. The van der Waals surface area contributed by atoms with Crippen molar-refractivity contribution in [1.29, 1.82) is 0 Å². The lowest BCUT2D eigenvalue weighted by atomic mass is 9.62. The zero-order chi connectivity index (χ0) is 24.1. The summed E-state index contributed by atoms with van der Waals surface area (Å²) in [5, 5.41) is 4.00. The van der Waals surface area contributed by atoms with Gasteiger partial charge >= 0.3 is 0 Å². The summed E-state index contributed by atoms with van der Waals surface area (Å²) < 4.78 is 11.6. The zero-order valence-corrected chi connectivity index (χ0v) is 21.2. The molecule has 0 bridgehead atoms. The fourth-order valence-corrected chi connectivity index (χ4v) is 5.85. The van der Waals surface area contributed by atoms with Crippen LogP contribution in [0, 0.1) is 16.7 Å². The lowest BCUT2D eigenvalue weighted by molar-refractivity contribution is -0.125. The van der Waals surface area contributed by atoms with Crippen LogP contribution >= 0.6 is 11.6 Å². The zero-order valence-electron chi connectivity index (χ0n) is 20.4. The van der Waals surface area contributed by atoms with Crippen molar-refractivity contribution in [3.8, 4) is 11.5 Å². The first-order valence-electron chi connectivity index (χ1n) is 11.8. The van der Waals surface area contributed by atoms with Gasteiger partial charge in [-0.25, -0.2) is 0 Å². The molecule has 5 nitrogen and oxygen atoms in total. The molecule has 33 heavy (non-hydrogen) atoms. The van der Waals surface area contributed by atoms with Crippen molar-refractivity contribution in [2.45, 2.75) is 66.7 Å². The Labute approximate surface area is 201 Å². The van der Waals surface area contributed by atoms with Crippen LogP contribution in [0.1, 0.15) is 72.3 Å². The number of allylic oxidation sites excluding steroid dienone is 4. The molecule has 1 aliphatic heterocycles. The van der Waals surface area contributed by atoms with Crippen molar-refractivity contribution >= 4 is 23.2 Å². The summed E-state index contributed by atoms with van der Waals surface area (Å²) in [5.41, 5.74) is 2.85. The van der Waals surface area contributed by atoms with Crippen LogP contribution in [0.15, 0.2) is 35.2 Å². The quantitative estimate of drug-likeness (QED) is 0.573. The van der Waals surface area contributed by atoms with Crippen molar-refractivity contribution in [3.63, 3.8) is 0 Å². The van der Waals surface area contributed by atoms with Crippen LogP contribution in [0.3, 0.4) is 0 Å². The molecule has 178 valence electrons. The molecule has 6 heteroatoms. The molecule has 0 radical (unpaired) electrons. The predicted molar refractivity (Wildman–Crippen MR) is 130 cm³/mol. The third-order valence-electron chi connectivity index (χ3n) is 6.72. The first-order valence-corrected chi connectivity index (χ1v) is 12.2. The fraction of sp³-hybridized carbons (Fsp3) is 0.556. The lowest BCUT2D eigenvalue weighted by Crippen LogP contribution is -2.46. The number of halogens is 1. The molecule has 0 saturated carbocycles. The van der Waals surface area contributed by atoms with E-state index in [9.17, 15) is 9.59 Å². The number of nitrogens with one attached hydrogen (secondary N) is 1. The monoisotopic (exact) mass is 471 g/mol. The summed E-state index contributed by atoms with van der Waals surface area (Å²) in [7, 11) is 0. The second-order valence-electron chi connectivity index (χ2n) is 10.8. The largest absolute Gasteiger partial charge is 0.490 e. The second-order valence-corrected chi connectivity index (χ2v) is 11.2. The predicted octanol–water partition coefficient (Wildman–Crippen LogP) is 5.97. The molecular formula is C27H34ClNO4. The number of Topliss-reactive ketones (excluding diaryl/α,β-unsaturated/α-hetero) is 2. The highest BCUT2D eigenvalue weighted by Gasteiger charge is 2.49. The minimum Gasteiger partial charge on any atom is -0.490 e. The number of fused-ring (bicyclic) bond motifs is 1. The van der Waals surface area contributed by atoms with Crippen LogP contribution in [0.2, 0.25) is 5.02 Å². The van der Waals surface area contributed by atoms with Crippen molar-refractivity contribution in [2.75, 3.05) is 13.2 Å². The molecule has 1 N–H and O–H groups in total. The van der Waals surface area contributed by atoms with Gasteiger partial charge in [0.1, 0.15) is 5.78 Å². The van der Waals surface area contributed by atoms with Crippen LogP contribution in [-0.2, 0) is 9.59 Å².